The molecular weight excluding hydrogens is 456 g/mol. The maximum absolute atomic E-state index is 12.7. The first kappa shape index (κ1) is 22.0. The summed E-state index contributed by atoms with van der Waals surface area (Å²) in [6.45, 7) is 0.0387. The zero-order valence-electron chi connectivity index (χ0n) is 15.1. The molecule has 0 aliphatic rings. The number of aromatic nitrogens is 2. The van der Waals surface area contributed by atoms with Gasteiger partial charge in [0.05, 0.1) is 21.2 Å². The fraction of sp³-hybridized carbons (Fsp3) is 0. The summed E-state index contributed by atoms with van der Waals surface area (Å²) < 4.78 is 67.9. The van der Waals surface area contributed by atoms with E-state index in [-0.39, 0.29) is 28.6 Å². The van der Waals surface area contributed by atoms with Gasteiger partial charge in [0.2, 0.25) is 11.6 Å². The number of hydrogen-bond donors (Lipinski definition) is 3. The van der Waals surface area contributed by atoms with Crippen LogP contribution >= 0.6 is 0 Å². The van der Waals surface area contributed by atoms with Crippen molar-refractivity contribution >= 4 is 38.1 Å². The summed E-state index contributed by atoms with van der Waals surface area (Å²) in [6, 6.07) is 9.09. The molecule has 0 saturated heterocycles. The molecule has 0 atom stereocenters. The van der Waals surface area contributed by atoms with E-state index in [0.29, 0.717) is 0 Å². The summed E-state index contributed by atoms with van der Waals surface area (Å²) >= 11 is 0. The Labute approximate surface area is 174 Å². The van der Waals surface area contributed by atoms with Gasteiger partial charge in [0.1, 0.15) is 0 Å². The lowest BCUT2D eigenvalue weighted by Gasteiger charge is -2.02. The molecule has 0 aliphatic carbocycles. The van der Waals surface area contributed by atoms with Crippen molar-refractivity contribution in [1.29, 1.82) is 0 Å². The first-order valence-corrected chi connectivity index (χ1v) is 10.9. The van der Waals surface area contributed by atoms with Crippen molar-refractivity contribution in [3.63, 3.8) is 0 Å². The largest absolute Gasteiger partial charge is 0.408 e. The summed E-state index contributed by atoms with van der Waals surface area (Å²) in [5, 5.41) is 9.95. The Morgan fingerprint density at radius 2 is 1.39 bits per heavy atom. The maximum Gasteiger partial charge on any atom is 0.303 e. The molecule has 31 heavy (non-hydrogen) atoms. The van der Waals surface area contributed by atoms with Crippen molar-refractivity contribution in [1.82, 2.24) is 9.78 Å². The normalized spacial score (nSPS) is 12.2. The Kier molecular flexibility index (Phi) is 5.85. The molecular formula is C16H12N4O9S2. The van der Waals surface area contributed by atoms with Crippen LogP contribution in [0.15, 0.2) is 73.3 Å². The number of carbonyl (C=O) groups is 1. The lowest BCUT2D eigenvalue weighted by molar-refractivity contribution is -0.120. The molecule has 162 valence electrons. The molecule has 3 aromatic rings. The average Bonchev–Trinajstić information content (AvgIpc) is 3.01. The summed E-state index contributed by atoms with van der Waals surface area (Å²) in [5.41, 5.74) is -0.971. The molecule has 1 aromatic heterocycles. The van der Waals surface area contributed by atoms with Gasteiger partial charge in [-0.25, -0.2) is 4.68 Å². The summed E-state index contributed by atoms with van der Waals surface area (Å²) in [5.74, 6) is -0.364. The molecule has 3 rings (SSSR count). The van der Waals surface area contributed by atoms with E-state index >= 15 is 0 Å². The molecule has 15 heteroatoms. The summed E-state index contributed by atoms with van der Waals surface area (Å²) in [6.07, 6.45) is 0. The van der Waals surface area contributed by atoms with Crippen LogP contribution in [0.1, 0.15) is 0 Å². The molecule has 0 unspecified atom stereocenters. The van der Waals surface area contributed by atoms with Crippen LogP contribution in [0.4, 0.5) is 11.4 Å². The minimum Gasteiger partial charge on any atom is -0.408 e. The van der Waals surface area contributed by atoms with Crippen molar-refractivity contribution < 1.29 is 35.5 Å². The number of H-pyrrole nitrogens is 1. The van der Waals surface area contributed by atoms with Gasteiger partial charge in [-0.05, 0) is 48.5 Å². The molecule has 13 nitrogen and oxygen atoms in total. The monoisotopic (exact) mass is 468 g/mol. The predicted octanol–water partition coefficient (Wildman–Crippen LogP) is 1.61. The lowest BCUT2D eigenvalue weighted by Crippen LogP contribution is -2.14. The van der Waals surface area contributed by atoms with Crippen molar-refractivity contribution in [2.45, 2.75) is 9.79 Å². The second-order valence-corrected chi connectivity index (χ2v) is 8.63. The minimum absolute atomic E-state index is 0.0387. The fourth-order valence-corrected chi connectivity index (χ4v) is 3.33. The number of ether oxygens (including phenoxy) is 1. The Morgan fingerprint density at radius 1 is 0.871 bits per heavy atom. The van der Waals surface area contributed by atoms with E-state index in [1.54, 1.807) is 0 Å². The van der Waals surface area contributed by atoms with Gasteiger partial charge in [0.15, 0.2) is 0 Å². The third-order valence-electron chi connectivity index (χ3n) is 3.79. The van der Waals surface area contributed by atoms with Gasteiger partial charge >= 0.3 is 5.56 Å². The van der Waals surface area contributed by atoms with E-state index < -0.39 is 36.4 Å². The van der Waals surface area contributed by atoms with Crippen LogP contribution in [-0.4, -0.2) is 42.2 Å². The zero-order valence-corrected chi connectivity index (χ0v) is 16.7. The fourth-order valence-electron chi connectivity index (χ4n) is 2.37. The molecule has 0 fully saturated rings. The van der Waals surface area contributed by atoms with Crippen LogP contribution in [0.5, 0.6) is 5.88 Å². The van der Waals surface area contributed by atoms with Crippen molar-refractivity contribution in [3.8, 4) is 11.6 Å². The van der Waals surface area contributed by atoms with Gasteiger partial charge < -0.3 is 4.74 Å². The van der Waals surface area contributed by atoms with Gasteiger partial charge in [-0.2, -0.15) is 21.9 Å². The van der Waals surface area contributed by atoms with E-state index in [1.165, 1.54) is 24.3 Å². The van der Waals surface area contributed by atoms with Crippen LogP contribution < -0.4 is 10.3 Å². The van der Waals surface area contributed by atoms with E-state index in [1.807, 2.05) is 0 Å². The van der Waals surface area contributed by atoms with E-state index in [2.05, 4.69) is 15.3 Å². The van der Waals surface area contributed by atoms with Crippen LogP contribution in [0, 0.1) is 0 Å². The molecule has 0 amide bonds. The highest BCUT2D eigenvalue weighted by molar-refractivity contribution is 7.86. The van der Waals surface area contributed by atoms with E-state index in [4.69, 9.17) is 13.8 Å². The molecule has 0 bridgehead atoms. The molecule has 2 aromatic carbocycles. The van der Waals surface area contributed by atoms with E-state index in [9.17, 15) is 26.4 Å². The van der Waals surface area contributed by atoms with Crippen molar-refractivity contribution in [2.75, 3.05) is 0 Å². The Bertz CT molecular complexity index is 1420. The highest BCUT2D eigenvalue weighted by Crippen LogP contribution is 2.25. The first-order chi connectivity index (χ1) is 14.5. The highest BCUT2D eigenvalue weighted by atomic mass is 32.2. The summed E-state index contributed by atoms with van der Waals surface area (Å²) in [7, 11) is -8.82. The van der Waals surface area contributed by atoms with Crippen LogP contribution in [0.25, 0.3) is 5.69 Å². The molecule has 3 N–H and O–H groups in total. The number of rotatable bonds is 7. The number of aromatic amines is 1. The highest BCUT2D eigenvalue weighted by Gasteiger charge is 2.18. The second kappa shape index (κ2) is 8.23. The van der Waals surface area contributed by atoms with Crippen molar-refractivity contribution in [3.05, 3.63) is 58.9 Å². The number of carbonyl (C=O) groups excluding carboxylic acids is 1. The maximum atomic E-state index is 12.7. The zero-order chi connectivity index (χ0) is 22.8. The molecule has 0 radical (unpaired) electrons. The number of nitrogens with zero attached hydrogens (tertiary/aromatic N) is 3. The van der Waals surface area contributed by atoms with Gasteiger partial charge in [0, 0.05) is 0 Å². The number of nitrogens with one attached hydrogen (secondary N) is 1. The van der Waals surface area contributed by atoms with Gasteiger partial charge in [0.25, 0.3) is 26.7 Å². The van der Waals surface area contributed by atoms with Crippen LogP contribution in [0.3, 0.4) is 0 Å². The SMILES string of the molecule is O=COc1[nH]n(-c2ccc(S(=O)(=O)O)cc2)c(=O)c1N=Nc1ccc(S(=O)(=O)O)cc1. The topological polar surface area (TPSA) is 198 Å². The predicted molar refractivity (Wildman–Crippen MR) is 103 cm³/mol. The molecule has 0 spiro atoms. The molecule has 0 saturated carbocycles. The quantitative estimate of drug-likeness (QED) is 0.262. The van der Waals surface area contributed by atoms with Crippen molar-refractivity contribution in [2.24, 2.45) is 10.2 Å². The third kappa shape index (κ3) is 4.92. The smallest absolute Gasteiger partial charge is 0.303 e. The number of hydrogen-bond acceptors (Lipinski definition) is 9. The van der Waals surface area contributed by atoms with Gasteiger partial charge in [-0.3, -0.25) is 23.8 Å². The minimum atomic E-state index is -4.43. The Hall–Kier alpha value is -3.66. The third-order valence-corrected chi connectivity index (χ3v) is 5.53. The standard InChI is InChI=1S/C16H12N4O9S2/c21-9-29-15-14(18-17-10-1-5-12(6-2-10)30(23,24)25)16(22)20(19-15)11-3-7-13(8-4-11)31(26,27)28/h1-9,19H,(H,23,24,25)(H,26,27,28). The number of azo groups is 1. The van der Waals surface area contributed by atoms with Crippen LogP contribution in [0.2, 0.25) is 0 Å². The lowest BCUT2D eigenvalue weighted by atomic mass is 10.3. The molecule has 1 heterocycles. The van der Waals surface area contributed by atoms with Gasteiger partial charge in [-0.1, -0.05) is 0 Å². The second-order valence-electron chi connectivity index (χ2n) is 5.78. The number of benzene rings is 2. The average molecular weight is 468 g/mol. The molecule has 0 aliphatic heterocycles. The first-order valence-electron chi connectivity index (χ1n) is 8.03. The Morgan fingerprint density at radius 3 is 1.87 bits per heavy atom. The Balaban J connectivity index is 1.99. The van der Waals surface area contributed by atoms with Crippen LogP contribution in [-0.2, 0) is 25.0 Å². The van der Waals surface area contributed by atoms with Gasteiger partial charge in [-0.15, -0.1) is 5.11 Å². The summed E-state index contributed by atoms with van der Waals surface area (Å²) in [4.78, 5) is 22.6. The van der Waals surface area contributed by atoms with E-state index in [0.717, 1.165) is 28.9 Å².